The molecule has 1 amide bonds. The second kappa shape index (κ2) is 10.1. The number of hydrogen-bond donors (Lipinski definition) is 1. The van der Waals surface area contributed by atoms with Crippen molar-refractivity contribution in [3.63, 3.8) is 0 Å². The molecule has 0 aliphatic heterocycles. The Kier molecular flexibility index (Phi) is 7.74. The summed E-state index contributed by atoms with van der Waals surface area (Å²) < 4.78 is 30.8. The van der Waals surface area contributed by atoms with E-state index in [4.69, 9.17) is 50.8 Å². The molecule has 0 spiro atoms. The molecule has 1 heterocycles. The zero-order valence-corrected chi connectivity index (χ0v) is 20.2. The van der Waals surface area contributed by atoms with Gasteiger partial charge < -0.3 is 4.42 Å². The number of nitrogens with zero attached hydrogens (tertiary/aromatic N) is 2. The van der Waals surface area contributed by atoms with Crippen LogP contribution in [0.15, 0.2) is 58.0 Å². The van der Waals surface area contributed by atoms with Gasteiger partial charge in [0.2, 0.25) is 10.0 Å². The maximum absolute atomic E-state index is 12.3. The Balaban J connectivity index is 1.69. The number of hydrogen-bond acceptors (Lipinski definition) is 5. The normalized spacial score (nSPS) is 11.7. The third-order valence-electron chi connectivity index (χ3n) is 4.09. The monoisotopic (exact) mass is 533 g/mol. The average Bonchev–Trinajstić information content (AvgIpc) is 3.16. The van der Waals surface area contributed by atoms with Crippen LogP contribution in [0.1, 0.15) is 5.76 Å². The van der Waals surface area contributed by atoms with Crippen molar-refractivity contribution in [3.8, 4) is 11.3 Å². The lowest BCUT2D eigenvalue weighted by molar-refractivity contribution is -0.119. The highest BCUT2D eigenvalue weighted by Crippen LogP contribution is 2.33. The lowest BCUT2D eigenvalue weighted by Gasteiger charge is -2.22. The van der Waals surface area contributed by atoms with Gasteiger partial charge in [0, 0.05) is 10.6 Å². The van der Waals surface area contributed by atoms with E-state index in [0.717, 1.165) is 10.6 Å². The predicted molar refractivity (Wildman–Crippen MR) is 129 cm³/mol. The number of amides is 1. The van der Waals surface area contributed by atoms with Gasteiger partial charge in [0.25, 0.3) is 5.91 Å². The van der Waals surface area contributed by atoms with E-state index in [0.29, 0.717) is 27.1 Å². The fourth-order valence-corrected chi connectivity index (χ4v) is 4.47. The minimum Gasteiger partial charge on any atom is -0.455 e. The van der Waals surface area contributed by atoms with Crippen molar-refractivity contribution >= 4 is 74.2 Å². The molecule has 1 N–H and O–H groups in total. The van der Waals surface area contributed by atoms with Crippen LogP contribution in [0.25, 0.3) is 11.3 Å². The summed E-state index contributed by atoms with van der Waals surface area (Å²) >= 11 is 24.1. The molecule has 3 aromatic rings. The van der Waals surface area contributed by atoms with E-state index in [1.165, 1.54) is 24.4 Å². The highest BCUT2D eigenvalue weighted by molar-refractivity contribution is 7.92. The van der Waals surface area contributed by atoms with Crippen molar-refractivity contribution in [1.82, 2.24) is 5.43 Å². The fourth-order valence-electron chi connectivity index (χ4n) is 2.66. The highest BCUT2D eigenvalue weighted by atomic mass is 35.5. The van der Waals surface area contributed by atoms with Crippen LogP contribution in [-0.4, -0.2) is 33.3 Å². The smallest absolute Gasteiger partial charge is 0.260 e. The number of rotatable bonds is 7. The maximum Gasteiger partial charge on any atom is 0.260 e. The maximum atomic E-state index is 12.3. The molecule has 7 nitrogen and oxygen atoms in total. The van der Waals surface area contributed by atoms with E-state index in [9.17, 15) is 13.2 Å². The number of sulfonamides is 1. The van der Waals surface area contributed by atoms with Crippen molar-refractivity contribution in [2.45, 2.75) is 0 Å². The Hall–Kier alpha value is -2.23. The number of nitrogens with one attached hydrogen (secondary N) is 1. The summed E-state index contributed by atoms with van der Waals surface area (Å²) in [5, 5.41) is 4.89. The first-order chi connectivity index (χ1) is 15.1. The standard InChI is InChI=1S/C20H15Cl4N3O4S/c1-32(29,30)27(17-4-2-3-15(22)20(17)24)11-19(28)26-25-10-13-6-8-18(31-13)14-7-5-12(21)9-16(14)23/h2-10H,11H2,1H3,(H,26,28)/b25-10-. The quantitative estimate of drug-likeness (QED) is 0.321. The van der Waals surface area contributed by atoms with Gasteiger partial charge in [0.15, 0.2) is 0 Å². The Morgan fingerprint density at radius 3 is 2.53 bits per heavy atom. The number of furan rings is 1. The van der Waals surface area contributed by atoms with Gasteiger partial charge in [0.05, 0.1) is 33.2 Å². The molecule has 1 aromatic heterocycles. The van der Waals surface area contributed by atoms with Crippen LogP contribution in [0, 0.1) is 0 Å². The van der Waals surface area contributed by atoms with Crippen LogP contribution >= 0.6 is 46.4 Å². The zero-order valence-electron chi connectivity index (χ0n) is 16.4. The van der Waals surface area contributed by atoms with Gasteiger partial charge in [-0.2, -0.15) is 5.10 Å². The zero-order chi connectivity index (χ0) is 23.5. The van der Waals surface area contributed by atoms with Gasteiger partial charge in [-0.25, -0.2) is 13.8 Å². The van der Waals surface area contributed by atoms with Crippen molar-refractivity contribution in [2.75, 3.05) is 17.1 Å². The van der Waals surface area contributed by atoms with Crippen LogP contribution < -0.4 is 9.73 Å². The number of carbonyl (C=O) groups excluding carboxylic acids is 1. The summed E-state index contributed by atoms with van der Waals surface area (Å²) in [6, 6.07) is 12.8. The summed E-state index contributed by atoms with van der Waals surface area (Å²) in [5.74, 6) is 0.123. The molecule has 0 bridgehead atoms. The third kappa shape index (κ3) is 5.96. The van der Waals surface area contributed by atoms with Gasteiger partial charge in [-0.1, -0.05) is 52.5 Å². The molecule has 0 atom stereocenters. The minimum atomic E-state index is -3.83. The summed E-state index contributed by atoms with van der Waals surface area (Å²) in [6.45, 7) is -0.556. The average molecular weight is 535 g/mol. The fraction of sp³-hybridized carbons (Fsp3) is 0.100. The molecule has 0 aliphatic carbocycles. The molecule has 0 fully saturated rings. The Morgan fingerprint density at radius 2 is 1.84 bits per heavy atom. The number of carbonyl (C=O) groups is 1. The number of anilines is 1. The van der Waals surface area contributed by atoms with Gasteiger partial charge >= 0.3 is 0 Å². The van der Waals surface area contributed by atoms with Crippen LogP contribution in [0.4, 0.5) is 5.69 Å². The Morgan fingerprint density at radius 1 is 1.09 bits per heavy atom. The van der Waals surface area contributed by atoms with E-state index in [-0.39, 0.29) is 15.7 Å². The molecular weight excluding hydrogens is 520 g/mol. The Labute approximate surface area is 204 Å². The first-order valence-corrected chi connectivity index (χ1v) is 12.2. The highest BCUT2D eigenvalue weighted by Gasteiger charge is 2.23. The van der Waals surface area contributed by atoms with Crippen molar-refractivity contribution in [1.29, 1.82) is 0 Å². The van der Waals surface area contributed by atoms with E-state index < -0.39 is 22.5 Å². The predicted octanol–water partition coefficient (Wildman–Crippen LogP) is 5.48. The summed E-state index contributed by atoms with van der Waals surface area (Å²) in [6.07, 6.45) is 2.22. The minimum absolute atomic E-state index is 0.0138. The van der Waals surface area contributed by atoms with E-state index >= 15 is 0 Å². The lowest BCUT2D eigenvalue weighted by atomic mass is 10.2. The summed E-state index contributed by atoms with van der Waals surface area (Å²) in [7, 11) is -3.83. The topological polar surface area (TPSA) is 92.0 Å². The summed E-state index contributed by atoms with van der Waals surface area (Å²) in [4.78, 5) is 12.3. The van der Waals surface area contributed by atoms with Crippen LogP contribution in [-0.2, 0) is 14.8 Å². The van der Waals surface area contributed by atoms with Crippen molar-refractivity contribution in [2.24, 2.45) is 5.10 Å². The van der Waals surface area contributed by atoms with Crippen LogP contribution in [0.5, 0.6) is 0 Å². The van der Waals surface area contributed by atoms with Crippen LogP contribution in [0.3, 0.4) is 0 Å². The summed E-state index contributed by atoms with van der Waals surface area (Å²) in [5.41, 5.74) is 2.97. The molecule has 0 aliphatic rings. The molecule has 32 heavy (non-hydrogen) atoms. The molecule has 3 rings (SSSR count). The molecule has 0 unspecified atom stereocenters. The van der Waals surface area contributed by atoms with E-state index in [1.807, 2.05) is 0 Å². The van der Waals surface area contributed by atoms with E-state index in [2.05, 4.69) is 10.5 Å². The lowest BCUT2D eigenvalue weighted by Crippen LogP contribution is -2.39. The molecule has 0 saturated carbocycles. The SMILES string of the molecule is CS(=O)(=O)N(CC(=O)N/N=C\c1ccc(-c2ccc(Cl)cc2Cl)o1)c1cccc(Cl)c1Cl. The Bertz CT molecular complexity index is 1290. The number of halogens is 4. The van der Waals surface area contributed by atoms with Crippen molar-refractivity contribution < 1.29 is 17.6 Å². The molecule has 2 aromatic carbocycles. The number of hydrazone groups is 1. The molecule has 168 valence electrons. The second-order valence-electron chi connectivity index (χ2n) is 6.46. The van der Waals surface area contributed by atoms with Gasteiger partial charge in [-0.3, -0.25) is 9.10 Å². The first kappa shape index (κ1) is 24.4. The molecule has 0 saturated heterocycles. The first-order valence-electron chi connectivity index (χ1n) is 8.85. The van der Waals surface area contributed by atoms with Gasteiger partial charge in [0.1, 0.15) is 18.1 Å². The molecule has 12 heteroatoms. The number of benzene rings is 2. The molecular formula is C20H15Cl4N3O4S. The van der Waals surface area contributed by atoms with Crippen molar-refractivity contribution in [3.05, 3.63) is 74.4 Å². The third-order valence-corrected chi connectivity index (χ3v) is 6.58. The van der Waals surface area contributed by atoms with E-state index in [1.54, 1.807) is 30.3 Å². The largest absolute Gasteiger partial charge is 0.455 e. The second-order valence-corrected chi connectivity index (χ2v) is 10.00. The van der Waals surface area contributed by atoms with Gasteiger partial charge in [-0.05, 0) is 42.5 Å². The van der Waals surface area contributed by atoms with Gasteiger partial charge in [-0.15, -0.1) is 0 Å². The molecule has 0 radical (unpaired) electrons. The van der Waals surface area contributed by atoms with Crippen LogP contribution in [0.2, 0.25) is 20.1 Å².